The van der Waals surface area contributed by atoms with Gasteiger partial charge in [0.1, 0.15) is 11.6 Å². The molecule has 1 fully saturated rings. The fraction of sp³-hybridized carbons (Fsp3) is 0.316. The van der Waals surface area contributed by atoms with Crippen molar-refractivity contribution >= 4 is 17.6 Å². The minimum Gasteiger partial charge on any atom is -0.497 e. The number of nitrogens with one attached hydrogen (secondary N) is 1. The Bertz CT molecular complexity index is 741. The maximum absolute atomic E-state index is 12.3. The lowest BCUT2D eigenvalue weighted by molar-refractivity contribution is -0.130. The minimum atomic E-state index is -0.270. The van der Waals surface area contributed by atoms with Gasteiger partial charge in [0, 0.05) is 37.9 Å². The molecule has 2 amide bonds. The van der Waals surface area contributed by atoms with E-state index in [1.165, 1.54) is 0 Å². The zero-order valence-electron chi connectivity index (χ0n) is 14.7. The number of nitrogens with zero attached hydrogens (tertiary/aromatic N) is 3. The van der Waals surface area contributed by atoms with E-state index in [1.807, 2.05) is 18.2 Å². The fourth-order valence-corrected chi connectivity index (χ4v) is 2.84. The first-order valence-electron chi connectivity index (χ1n) is 8.53. The van der Waals surface area contributed by atoms with E-state index in [0.717, 1.165) is 18.9 Å². The average molecular weight is 354 g/mol. The highest BCUT2D eigenvalue weighted by atomic mass is 16.5. The predicted octanol–water partition coefficient (Wildman–Crippen LogP) is 1.17. The van der Waals surface area contributed by atoms with Gasteiger partial charge in [0.15, 0.2) is 0 Å². The molecule has 2 aromatic rings. The van der Waals surface area contributed by atoms with Gasteiger partial charge in [0.05, 0.1) is 13.7 Å². The molecule has 1 saturated heterocycles. The molecule has 0 unspecified atom stereocenters. The molecule has 0 spiro atoms. The maximum Gasteiger partial charge on any atom is 0.251 e. The Kier molecular flexibility index (Phi) is 5.68. The highest BCUT2D eigenvalue weighted by molar-refractivity contribution is 5.96. The Morgan fingerprint density at radius 3 is 2.42 bits per heavy atom. The second-order valence-corrected chi connectivity index (χ2v) is 5.97. The van der Waals surface area contributed by atoms with Crippen LogP contribution in [0, 0.1) is 0 Å². The second kappa shape index (κ2) is 8.33. The van der Waals surface area contributed by atoms with Crippen LogP contribution in [0.3, 0.4) is 0 Å². The quantitative estimate of drug-likeness (QED) is 0.872. The lowest BCUT2D eigenvalue weighted by Crippen LogP contribution is -2.51. The van der Waals surface area contributed by atoms with E-state index in [4.69, 9.17) is 4.74 Å². The van der Waals surface area contributed by atoms with Crippen LogP contribution < -0.4 is 15.0 Å². The monoisotopic (exact) mass is 354 g/mol. The smallest absolute Gasteiger partial charge is 0.251 e. The number of rotatable bonds is 5. The van der Waals surface area contributed by atoms with Gasteiger partial charge in [-0.2, -0.15) is 0 Å². The fourth-order valence-electron chi connectivity index (χ4n) is 2.84. The van der Waals surface area contributed by atoms with E-state index < -0.39 is 0 Å². The third-order valence-corrected chi connectivity index (χ3v) is 4.36. The molecule has 1 aliphatic heterocycles. The van der Waals surface area contributed by atoms with Crippen LogP contribution in [-0.2, 0) is 4.79 Å². The summed E-state index contributed by atoms with van der Waals surface area (Å²) in [5, 5.41) is 2.68. The van der Waals surface area contributed by atoms with Crippen molar-refractivity contribution in [1.82, 2.24) is 15.2 Å². The molecule has 2 heterocycles. The Morgan fingerprint density at radius 1 is 1.08 bits per heavy atom. The van der Waals surface area contributed by atoms with Crippen LogP contribution in [0.15, 0.2) is 48.7 Å². The van der Waals surface area contributed by atoms with Crippen LogP contribution >= 0.6 is 0 Å². The molecule has 136 valence electrons. The summed E-state index contributed by atoms with van der Waals surface area (Å²) in [7, 11) is 1.57. The molecular formula is C19H22N4O3. The molecule has 7 heteroatoms. The summed E-state index contributed by atoms with van der Waals surface area (Å²) in [5.74, 6) is 1.26. The Morgan fingerprint density at radius 2 is 1.81 bits per heavy atom. The number of ether oxygens (including phenoxy) is 1. The highest BCUT2D eigenvalue weighted by Gasteiger charge is 2.22. The number of piperazine rings is 1. The van der Waals surface area contributed by atoms with Crippen molar-refractivity contribution in [3.05, 3.63) is 54.2 Å². The Balaban J connectivity index is 1.46. The lowest BCUT2D eigenvalue weighted by atomic mass is 10.2. The van der Waals surface area contributed by atoms with Crippen LogP contribution in [0.4, 0.5) is 5.82 Å². The van der Waals surface area contributed by atoms with Gasteiger partial charge in [-0.15, -0.1) is 0 Å². The summed E-state index contributed by atoms with van der Waals surface area (Å²) in [6.07, 6.45) is 1.77. The van der Waals surface area contributed by atoms with Crippen molar-refractivity contribution < 1.29 is 14.3 Å². The van der Waals surface area contributed by atoms with Gasteiger partial charge in [-0.3, -0.25) is 9.59 Å². The number of benzene rings is 1. The first-order chi connectivity index (χ1) is 12.7. The number of pyridine rings is 1. The van der Waals surface area contributed by atoms with E-state index in [1.54, 1.807) is 42.5 Å². The molecule has 1 aromatic carbocycles. The topological polar surface area (TPSA) is 74.8 Å². The van der Waals surface area contributed by atoms with Gasteiger partial charge in [-0.1, -0.05) is 6.07 Å². The van der Waals surface area contributed by atoms with Crippen molar-refractivity contribution in [3.63, 3.8) is 0 Å². The van der Waals surface area contributed by atoms with Gasteiger partial charge >= 0.3 is 0 Å². The van der Waals surface area contributed by atoms with Gasteiger partial charge in [0.25, 0.3) is 5.91 Å². The minimum absolute atomic E-state index is 0.00551. The van der Waals surface area contributed by atoms with Crippen LogP contribution in [0.1, 0.15) is 10.4 Å². The molecule has 0 atom stereocenters. The molecule has 26 heavy (non-hydrogen) atoms. The first-order valence-corrected chi connectivity index (χ1v) is 8.53. The number of amides is 2. The number of hydrogen-bond donors (Lipinski definition) is 1. The summed E-state index contributed by atoms with van der Waals surface area (Å²) >= 11 is 0. The first kappa shape index (κ1) is 17.7. The second-order valence-electron chi connectivity index (χ2n) is 5.97. The third-order valence-electron chi connectivity index (χ3n) is 4.36. The summed E-state index contributed by atoms with van der Waals surface area (Å²) in [6, 6.07) is 12.6. The lowest BCUT2D eigenvalue weighted by Gasteiger charge is -2.35. The Hall–Kier alpha value is -3.09. The van der Waals surface area contributed by atoms with Gasteiger partial charge in [-0.05, 0) is 36.4 Å². The summed E-state index contributed by atoms with van der Waals surface area (Å²) in [5.41, 5.74) is 0.499. The van der Waals surface area contributed by atoms with E-state index in [2.05, 4.69) is 15.2 Å². The molecule has 3 rings (SSSR count). The van der Waals surface area contributed by atoms with E-state index >= 15 is 0 Å². The molecule has 7 nitrogen and oxygen atoms in total. The zero-order chi connectivity index (χ0) is 18.4. The standard InChI is InChI=1S/C19H22N4O3/c1-26-16-7-5-15(6-8-16)19(25)21-14-18(24)23-12-10-22(11-13-23)17-4-2-3-9-20-17/h2-9H,10-14H2,1H3,(H,21,25). The van der Waals surface area contributed by atoms with Gasteiger partial charge in [0.2, 0.25) is 5.91 Å². The zero-order valence-corrected chi connectivity index (χ0v) is 14.7. The van der Waals surface area contributed by atoms with Gasteiger partial charge in [-0.25, -0.2) is 4.98 Å². The number of carbonyl (C=O) groups is 2. The van der Waals surface area contributed by atoms with Crippen LogP contribution in [0.5, 0.6) is 5.75 Å². The molecular weight excluding hydrogens is 332 g/mol. The van der Waals surface area contributed by atoms with Crippen molar-refractivity contribution in [1.29, 1.82) is 0 Å². The van der Waals surface area contributed by atoms with Crippen LogP contribution in [-0.4, -0.2) is 61.5 Å². The molecule has 1 N–H and O–H groups in total. The van der Waals surface area contributed by atoms with Crippen molar-refractivity contribution in [2.75, 3.05) is 44.7 Å². The number of anilines is 1. The van der Waals surface area contributed by atoms with E-state index in [0.29, 0.717) is 24.4 Å². The largest absolute Gasteiger partial charge is 0.497 e. The molecule has 0 saturated carbocycles. The average Bonchev–Trinajstić information content (AvgIpc) is 2.72. The molecule has 0 aliphatic carbocycles. The summed E-state index contributed by atoms with van der Waals surface area (Å²) < 4.78 is 5.07. The number of methoxy groups -OCH3 is 1. The predicted molar refractivity (Wildman–Crippen MR) is 98.4 cm³/mol. The molecule has 1 aliphatic rings. The van der Waals surface area contributed by atoms with Crippen molar-refractivity contribution in [3.8, 4) is 5.75 Å². The number of hydrogen-bond acceptors (Lipinski definition) is 5. The SMILES string of the molecule is COc1ccc(C(=O)NCC(=O)N2CCN(c3ccccn3)CC2)cc1. The molecule has 0 radical (unpaired) electrons. The Labute approximate surface area is 152 Å². The van der Waals surface area contributed by atoms with E-state index in [9.17, 15) is 9.59 Å². The third kappa shape index (κ3) is 4.30. The normalized spacial score (nSPS) is 14.0. The number of aromatic nitrogens is 1. The molecule has 1 aromatic heterocycles. The van der Waals surface area contributed by atoms with Crippen molar-refractivity contribution in [2.24, 2.45) is 0 Å². The number of carbonyl (C=O) groups excluding carboxylic acids is 2. The van der Waals surface area contributed by atoms with Crippen LogP contribution in [0.25, 0.3) is 0 Å². The van der Waals surface area contributed by atoms with Crippen LogP contribution in [0.2, 0.25) is 0 Å². The van der Waals surface area contributed by atoms with Gasteiger partial charge < -0.3 is 19.9 Å². The summed E-state index contributed by atoms with van der Waals surface area (Å²) in [4.78, 5) is 32.7. The van der Waals surface area contributed by atoms with Crippen molar-refractivity contribution in [2.45, 2.75) is 0 Å². The molecule has 0 bridgehead atoms. The summed E-state index contributed by atoms with van der Waals surface area (Å²) in [6.45, 7) is 2.69. The van der Waals surface area contributed by atoms with E-state index in [-0.39, 0.29) is 18.4 Å². The highest BCUT2D eigenvalue weighted by Crippen LogP contribution is 2.13. The maximum atomic E-state index is 12.3.